The summed E-state index contributed by atoms with van der Waals surface area (Å²) < 4.78 is 1.42. The van der Waals surface area contributed by atoms with Gasteiger partial charge in [-0.05, 0) is 0 Å². The number of aromatic amines is 1. The minimum absolute atomic E-state index is 0.268. The molecule has 3 N–H and O–H groups in total. The Balaban J connectivity index is 2.36. The summed E-state index contributed by atoms with van der Waals surface area (Å²) in [7, 11) is 0. The monoisotopic (exact) mass is 202 g/mol. The molecule has 0 fully saturated rings. The van der Waals surface area contributed by atoms with Crippen LogP contribution in [-0.2, 0) is 0 Å². The number of H-pyrrole nitrogens is 1. The highest BCUT2D eigenvalue weighted by molar-refractivity contribution is 5.77. The average Bonchev–Trinajstić information content (AvgIpc) is 2.85. The zero-order valence-electron chi connectivity index (χ0n) is 7.49. The van der Waals surface area contributed by atoms with Crippen molar-refractivity contribution in [3.63, 3.8) is 0 Å². The highest BCUT2D eigenvalue weighted by Gasteiger charge is 2.10. The van der Waals surface area contributed by atoms with E-state index in [1.807, 2.05) is 0 Å². The van der Waals surface area contributed by atoms with E-state index >= 15 is 0 Å². The second-order valence-electron chi connectivity index (χ2n) is 2.83. The normalized spacial score (nSPS) is 10.9. The lowest BCUT2D eigenvalue weighted by atomic mass is 10.5. The van der Waals surface area contributed by atoms with Crippen molar-refractivity contribution in [3.8, 4) is 5.82 Å². The van der Waals surface area contributed by atoms with Gasteiger partial charge in [0.25, 0.3) is 0 Å². The molecule has 8 heteroatoms. The Morgan fingerprint density at radius 1 is 1.13 bits per heavy atom. The molecule has 0 aliphatic carbocycles. The van der Waals surface area contributed by atoms with Gasteiger partial charge in [-0.15, -0.1) is 0 Å². The number of rotatable bonds is 1. The van der Waals surface area contributed by atoms with E-state index in [9.17, 15) is 0 Å². The van der Waals surface area contributed by atoms with Crippen molar-refractivity contribution in [1.82, 2.24) is 34.7 Å². The summed E-state index contributed by atoms with van der Waals surface area (Å²) in [6.45, 7) is 0. The summed E-state index contributed by atoms with van der Waals surface area (Å²) in [6, 6.07) is 0. The van der Waals surface area contributed by atoms with Crippen LogP contribution < -0.4 is 5.73 Å². The first kappa shape index (κ1) is 7.85. The maximum absolute atomic E-state index is 5.63. The fourth-order valence-corrected chi connectivity index (χ4v) is 1.33. The first-order chi connectivity index (χ1) is 7.36. The van der Waals surface area contributed by atoms with E-state index in [2.05, 4.69) is 30.0 Å². The number of nitrogen functional groups attached to an aromatic ring is 1. The van der Waals surface area contributed by atoms with Gasteiger partial charge in [0.2, 0.25) is 5.95 Å². The number of nitrogens with zero attached hydrogens (tertiary/aromatic N) is 6. The van der Waals surface area contributed by atoms with Crippen molar-refractivity contribution >= 4 is 17.1 Å². The molecule has 0 aliphatic heterocycles. The fraction of sp³-hybridized carbons (Fsp3) is 0. The van der Waals surface area contributed by atoms with Crippen LogP contribution in [0.5, 0.6) is 0 Å². The van der Waals surface area contributed by atoms with Gasteiger partial charge in [0, 0.05) is 0 Å². The predicted octanol–water partition coefficient (Wildman–Crippen LogP) is -0.484. The van der Waals surface area contributed by atoms with Crippen LogP contribution in [0.25, 0.3) is 17.0 Å². The number of anilines is 1. The van der Waals surface area contributed by atoms with Crippen molar-refractivity contribution in [3.05, 3.63) is 19.0 Å². The molecule has 0 spiro atoms. The third-order valence-corrected chi connectivity index (χ3v) is 1.98. The van der Waals surface area contributed by atoms with E-state index in [-0.39, 0.29) is 5.95 Å². The Kier molecular flexibility index (Phi) is 1.43. The Morgan fingerprint density at radius 2 is 2.07 bits per heavy atom. The number of hydrogen-bond donors (Lipinski definition) is 2. The van der Waals surface area contributed by atoms with Crippen LogP contribution in [0.2, 0.25) is 0 Å². The van der Waals surface area contributed by atoms with Crippen LogP contribution >= 0.6 is 0 Å². The lowest BCUT2D eigenvalue weighted by Gasteiger charge is -2.00. The lowest BCUT2D eigenvalue weighted by Crippen LogP contribution is -2.05. The van der Waals surface area contributed by atoms with Gasteiger partial charge in [-0.3, -0.25) is 0 Å². The number of nitrogens with one attached hydrogen (secondary N) is 1. The molecule has 0 unspecified atom stereocenters. The highest BCUT2D eigenvalue weighted by atomic mass is 15.4. The van der Waals surface area contributed by atoms with Gasteiger partial charge in [-0.1, -0.05) is 0 Å². The zero-order chi connectivity index (χ0) is 10.3. The van der Waals surface area contributed by atoms with Crippen LogP contribution in [0.1, 0.15) is 0 Å². The summed E-state index contributed by atoms with van der Waals surface area (Å²) in [5.74, 6) is 0.803. The fourth-order valence-electron chi connectivity index (χ4n) is 1.33. The average molecular weight is 202 g/mol. The van der Waals surface area contributed by atoms with Crippen LogP contribution in [-0.4, -0.2) is 34.7 Å². The van der Waals surface area contributed by atoms with Crippen molar-refractivity contribution in [2.45, 2.75) is 0 Å². The summed E-state index contributed by atoms with van der Waals surface area (Å²) in [6.07, 6.45) is 4.30. The largest absolute Gasteiger partial charge is 0.368 e. The van der Waals surface area contributed by atoms with Gasteiger partial charge in [-0.2, -0.15) is 14.8 Å². The molecule has 0 atom stereocenters. The second kappa shape index (κ2) is 2.74. The molecule has 3 aromatic rings. The number of nitrogens with two attached hydrogens (primary N) is 1. The molecule has 8 nitrogen and oxygen atoms in total. The molecule has 0 radical (unpaired) electrons. The van der Waals surface area contributed by atoms with E-state index in [0.29, 0.717) is 17.0 Å². The zero-order valence-corrected chi connectivity index (χ0v) is 7.49. The van der Waals surface area contributed by atoms with Crippen LogP contribution in [0.4, 0.5) is 5.95 Å². The standard InChI is InChI=1S/C7H6N8/c8-7-13-3-14-15(7)6-4-5(10-1-9-4)11-2-12-6/h1-3H,(H2,8,13,14)(H,9,10,11,12). The van der Waals surface area contributed by atoms with E-state index in [0.717, 1.165) is 0 Å². The topological polar surface area (TPSA) is 111 Å². The molecule has 0 bridgehead atoms. The second-order valence-corrected chi connectivity index (χ2v) is 2.83. The SMILES string of the molecule is Nc1ncnn1-c1ncnc2nc[nH]c12. The number of imidazole rings is 1. The van der Waals surface area contributed by atoms with Gasteiger partial charge >= 0.3 is 0 Å². The molecule has 74 valence electrons. The highest BCUT2D eigenvalue weighted by Crippen LogP contribution is 2.14. The summed E-state index contributed by atoms with van der Waals surface area (Å²) in [5.41, 5.74) is 6.87. The summed E-state index contributed by atoms with van der Waals surface area (Å²) in [5, 5.41) is 3.96. The van der Waals surface area contributed by atoms with E-state index in [1.54, 1.807) is 0 Å². The molecule has 0 aliphatic rings. The lowest BCUT2D eigenvalue weighted by molar-refractivity contribution is 0.857. The molecule has 0 saturated carbocycles. The van der Waals surface area contributed by atoms with Crippen molar-refractivity contribution in [2.75, 3.05) is 5.73 Å². The van der Waals surface area contributed by atoms with Gasteiger partial charge in [0.05, 0.1) is 6.33 Å². The Morgan fingerprint density at radius 3 is 2.87 bits per heavy atom. The minimum Gasteiger partial charge on any atom is -0.368 e. The van der Waals surface area contributed by atoms with E-state index in [1.165, 1.54) is 23.7 Å². The molecule has 0 saturated heterocycles. The van der Waals surface area contributed by atoms with E-state index in [4.69, 9.17) is 5.73 Å². The maximum atomic E-state index is 5.63. The Hall–Kier alpha value is -2.51. The molecule has 3 rings (SSSR count). The minimum atomic E-state index is 0.268. The van der Waals surface area contributed by atoms with Gasteiger partial charge in [0.15, 0.2) is 11.5 Å². The van der Waals surface area contributed by atoms with Crippen molar-refractivity contribution in [1.29, 1.82) is 0 Å². The molecular formula is C7H6N8. The maximum Gasteiger partial charge on any atom is 0.224 e. The predicted molar refractivity (Wildman–Crippen MR) is 51.0 cm³/mol. The molecule has 0 aromatic carbocycles. The third-order valence-electron chi connectivity index (χ3n) is 1.98. The molecular weight excluding hydrogens is 196 g/mol. The molecule has 3 heterocycles. The van der Waals surface area contributed by atoms with Gasteiger partial charge < -0.3 is 10.7 Å². The first-order valence-electron chi connectivity index (χ1n) is 4.16. The summed E-state index contributed by atoms with van der Waals surface area (Å²) >= 11 is 0. The van der Waals surface area contributed by atoms with Crippen LogP contribution in [0.15, 0.2) is 19.0 Å². The Bertz CT molecular complexity index is 608. The van der Waals surface area contributed by atoms with Gasteiger partial charge in [-0.25, -0.2) is 15.0 Å². The van der Waals surface area contributed by atoms with Crippen LogP contribution in [0.3, 0.4) is 0 Å². The first-order valence-corrected chi connectivity index (χ1v) is 4.16. The van der Waals surface area contributed by atoms with E-state index < -0.39 is 0 Å². The number of aromatic nitrogens is 7. The number of fused-ring (bicyclic) bond motifs is 1. The quantitative estimate of drug-likeness (QED) is 0.551. The molecule has 3 aromatic heterocycles. The molecule has 0 amide bonds. The number of hydrogen-bond acceptors (Lipinski definition) is 6. The van der Waals surface area contributed by atoms with Crippen molar-refractivity contribution < 1.29 is 0 Å². The smallest absolute Gasteiger partial charge is 0.224 e. The van der Waals surface area contributed by atoms with Crippen molar-refractivity contribution in [2.24, 2.45) is 0 Å². The van der Waals surface area contributed by atoms with Crippen LogP contribution in [0, 0.1) is 0 Å². The van der Waals surface area contributed by atoms with Gasteiger partial charge in [0.1, 0.15) is 18.2 Å². The molecule has 15 heavy (non-hydrogen) atoms. The third kappa shape index (κ3) is 1.04. The summed E-state index contributed by atoms with van der Waals surface area (Å²) in [4.78, 5) is 18.8. The Labute approximate surface area is 83.2 Å².